The van der Waals surface area contributed by atoms with E-state index in [9.17, 15) is 4.39 Å². The number of thioether (sulfide) groups is 1. The third-order valence-electron chi connectivity index (χ3n) is 4.41. The molecule has 0 N–H and O–H groups in total. The van der Waals surface area contributed by atoms with Crippen molar-refractivity contribution in [2.45, 2.75) is 18.4 Å². The fourth-order valence-corrected chi connectivity index (χ4v) is 4.24. The number of nitrogens with zero attached hydrogens (tertiary/aromatic N) is 2. The van der Waals surface area contributed by atoms with Crippen molar-refractivity contribution >= 4 is 34.4 Å². The molecule has 2 heterocycles. The number of aryl methyl sites for hydroxylation is 1. The molecule has 2 aromatic carbocycles. The molecule has 4 rings (SSSR count). The van der Waals surface area contributed by atoms with Crippen LogP contribution in [0.2, 0.25) is 0 Å². The molecular weight excluding hydrogens is 319 g/mol. The number of fused-ring (bicyclic) bond motifs is 2. The minimum absolute atomic E-state index is 0.190. The van der Waals surface area contributed by atoms with E-state index in [1.807, 2.05) is 13.1 Å². The van der Waals surface area contributed by atoms with Gasteiger partial charge in [-0.15, -0.1) is 0 Å². The van der Waals surface area contributed by atoms with Gasteiger partial charge in [0.05, 0.1) is 16.1 Å². The van der Waals surface area contributed by atoms with Gasteiger partial charge in [0.2, 0.25) is 5.52 Å². The Morgan fingerprint density at radius 3 is 2.83 bits per heavy atom. The van der Waals surface area contributed by atoms with Crippen LogP contribution in [0.1, 0.15) is 12.5 Å². The van der Waals surface area contributed by atoms with Crippen molar-refractivity contribution < 1.29 is 8.96 Å². The Balaban J connectivity index is 1.82. The lowest BCUT2D eigenvalue weighted by Crippen LogP contribution is -2.32. The number of para-hydroxylation sites is 1. The lowest BCUT2D eigenvalue weighted by molar-refractivity contribution is -0.667. The molecule has 3 aromatic rings. The highest BCUT2D eigenvalue weighted by atomic mass is 32.2. The molecule has 0 saturated heterocycles. The van der Waals surface area contributed by atoms with E-state index in [1.165, 1.54) is 22.5 Å². The molecule has 120 valence electrons. The Kier molecular flexibility index (Phi) is 3.77. The zero-order valence-corrected chi connectivity index (χ0v) is 14.5. The number of hydrogen-bond donors (Lipinski definition) is 0. The van der Waals surface area contributed by atoms with Crippen LogP contribution in [0.25, 0.3) is 17.0 Å². The topological polar surface area (TPSA) is 7.12 Å². The van der Waals surface area contributed by atoms with Gasteiger partial charge in [-0.05, 0) is 42.8 Å². The predicted octanol–water partition coefficient (Wildman–Crippen LogP) is 4.83. The van der Waals surface area contributed by atoms with Crippen molar-refractivity contribution in [3.05, 3.63) is 71.1 Å². The Morgan fingerprint density at radius 2 is 2.00 bits per heavy atom. The van der Waals surface area contributed by atoms with Crippen molar-refractivity contribution in [3.8, 4) is 0 Å². The fourth-order valence-electron chi connectivity index (χ4n) is 3.12. The smallest absolute Gasteiger partial charge is 0.213 e. The highest BCUT2D eigenvalue weighted by Gasteiger charge is 2.23. The molecule has 2 nitrogen and oxygen atoms in total. The number of aromatic nitrogens is 1. The first-order valence-electron chi connectivity index (χ1n) is 8.01. The van der Waals surface area contributed by atoms with Crippen LogP contribution in [0.3, 0.4) is 0 Å². The number of benzene rings is 2. The maximum absolute atomic E-state index is 13.5. The van der Waals surface area contributed by atoms with Crippen LogP contribution in [0.5, 0.6) is 0 Å². The van der Waals surface area contributed by atoms with Crippen molar-refractivity contribution in [3.63, 3.8) is 0 Å². The Morgan fingerprint density at radius 1 is 1.17 bits per heavy atom. The maximum Gasteiger partial charge on any atom is 0.213 e. The molecule has 24 heavy (non-hydrogen) atoms. The van der Waals surface area contributed by atoms with Crippen molar-refractivity contribution in [2.75, 3.05) is 11.9 Å². The van der Waals surface area contributed by atoms with Gasteiger partial charge in [0, 0.05) is 24.1 Å². The number of rotatable bonds is 2. The van der Waals surface area contributed by atoms with Gasteiger partial charge in [-0.3, -0.25) is 0 Å². The van der Waals surface area contributed by atoms with Crippen LogP contribution in [0.15, 0.2) is 64.7 Å². The first-order valence-corrected chi connectivity index (χ1v) is 8.83. The van der Waals surface area contributed by atoms with Crippen LogP contribution in [0, 0.1) is 5.82 Å². The molecule has 0 aliphatic carbocycles. The second-order valence-corrected chi connectivity index (χ2v) is 6.89. The lowest BCUT2D eigenvalue weighted by Gasteiger charge is -2.13. The highest BCUT2D eigenvalue weighted by molar-refractivity contribution is 8.03. The van der Waals surface area contributed by atoms with Gasteiger partial charge >= 0.3 is 0 Å². The molecular formula is C20H18FN2S+. The van der Waals surface area contributed by atoms with Gasteiger partial charge < -0.3 is 4.90 Å². The van der Waals surface area contributed by atoms with Crippen molar-refractivity contribution in [1.82, 2.24) is 0 Å². The first kappa shape index (κ1) is 15.2. The minimum Gasteiger partial charge on any atom is -0.338 e. The van der Waals surface area contributed by atoms with Gasteiger partial charge in [0.15, 0.2) is 6.20 Å². The molecule has 1 aliphatic heterocycles. The summed E-state index contributed by atoms with van der Waals surface area (Å²) < 4.78 is 15.7. The number of halogens is 1. The molecule has 0 radical (unpaired) electrons. The fraction of sp³-hybridized carbons (Fsp3) is 0.150. The zero-order chi connectivity index (χ0) is 16.7. The molecule has 1 aromatic heterocycles. The Hall–Kier alpha value is -2.33. The van der Waals surface area contributed by atoms with Gasteiger partial charge in [0.25, 0.3) is 0 Å². The van der Waals surface area contributed by atoms with E-state index in [1.54, 1.807) is 17.8 Å². The molecule has 0 bridgehead atoms. The molecule has 0 spiro atoms. The first-order chi connectivity index (χ1) is 11.7. The molecule has 0 unspecified atom stereocenters. The summed E-state index contributed by atoms with van der Waals surface area (Å²) in [6.07, 6.45) is 4.31. The molecule has 0 saturated carbocycles. The van der Waals surface area contributed by atoms with E-state index >= 15 is 0 Å². The number of hydrogen-bond acceptors (Lipinski definition) is 2. The summed E-state index contributed by atoms with van der Waals surface area (Å²) in [5.41, 5.74) is 3.46. The molecule has 1 aliphatic rings. The van der Waals surface area contributed by atoms with Crippen LogP contribution < -0.4 is 9.47 Å². The predicted molar refractivity (Wildman–Crippen MR) is 98.5 cm³/mol. The largest absolute Gasteiger partial charge is 0.338 e. The van der Waals surface area contributed by atoms with Crippen LogP contribution >= 0.6 is 11.8 Å². The Labute approximate surface area is 145 Å². The van der Waals surface area contributed by atoms with Gasteiger partial charge in [0.1, 0.15) is 12.4 Å². The SMILES string of the molecule is CC[n+]1ccc(/C=C2\Sc3cc(F)ccc3N2C)c2ccccc21. The van der Waals surface area contributed by atoms with Crippen LogP contribution in [-0.2, 0) is 6.54 Å². The van der Waals surface area contributed by atoms with Crippen LogP contribution in [0.4, 0.5) is 10.1 Å². The second kappa shape index (κ2) is 5.95. The normalized spacial score (nSPS) is 15.3. The maximum atomic E-state index is 13.5. The third kappa shape index (κ3) is 2.47. The van der Waals surface area contributed by atoms with Gasteiger partial charge in [-0.25, -0.2) is 4.39 Å². The van der Waals surface area contributed by atoms with E-state index in [0.29, 0.717) is 0 Å². The van der Waals surface area contributed by atoms with Crippen molar-refractivity contribution in [1.29, 1.82) is 0 Å². The average Bonchev–Trinajstić information content (AvgIpc) is 2.90. The van der Waals surface area contributed by atoms with E-state index in [2.05, 4.69) is 59.0 Å². The van der Waals surface area contributed by atoms with Gasteiger partial charge in [-0.1, -0.05) is 23.9 Å². The lowest BCUT2D eigenvalue weighted by atomic mass is 10.1. The summed E-state index contributed by atoms with van der Waals surface area (Å²) >= 11 is 1.61. The summed E-state index contributed by atoms with van der Waals surface area (Å²) in [5.74, 6) is -0.190. The minimum atomic E-state index is -0.190. The number of pyridine rings is 1. The third-order valence-corrected chi connectivity index (χ3v) is 5.55. The van der Waals surface area contributed by atoms with Crippen molar-refractivity contribution in [2.24, 2.45) is 0 Å². The van der Waals surface area contributed by atoms with Crippen LogP contribution in [-0.4, -0.2) is 7.05 Å². The summed E-state index contributed by atoms with van der Waals surface area (Å²) in [6, 6.07) is 15.5. The van der Waals surface area contributed by atoms with E-state index < -0.39 is 0 Å². The molecule has 0 atom stereocenters. The summed E-state index contributed by atoms with van der Waals surface area (Å²) in [7, 11) is 2.03. The zero-order valence-electron chi connectivity index (χ0n) is 13.7. The van der Waals surface area contributed by atoms with E-state index in [0.717, 1.165) is 22.2 Å². The summed E-state index contributed by atoms with van der Waals surface area (Å²) in [4.78, 5) is 3.09. The Bertz CT molecular complexity index is 965. The monoisotopic (exact) mass is 337 g/mol. The van der Waals surface area contributed by atoms with E-state index in [4.69, 9.17) is 0 Å². The standard InChI is InChI=1S/C20H18FN2S/c1-3-23-11-10-14(16-6-4-5-7-17(16)23)12-20-22(2)18-9-8-15(21)13-19(18)24-20/h4-13H,3H2,1-2H3/q+1. The molecule has 0 amide bonds. The molecule has 0 fully saturated rings. The molecule has 4 heteroatoms. The van der Waals surface area contributed by atoms with E-state index in [-0.39, 0.29) is 5.82 Å². The second-order valence-electron chi connectivity index (χ2n) is 5.83. The summed E-state index contributed by atoms with van der Waals surface area (Å²) in [5, 5.41) is 2.33. The highest BCUT2D eigenvalue weighted by Crippen LogP contribution is 2.46. The quantitative estimate of drug-likeness (QED) is 0.619. The summed E-state index contributed by atoms with van der Waals surface area (Å²) in [6.45, 7) is 3.09. The average molecular weight is 337 g/mol. The van der Waals surface area contributed by atoms with Gasteiger partial charge in [-0.2, -0.15) is 4.57 Å². The number of anilines is 1.